The summed E-state index contributed by atoms with van der Waals surface area (Å²) in [4.78, 5) is 0. The van der Waals surface area contributed by atoms with E-state index in [0.29, 0.717) is 12.8 Å². The fourth-order valence-corrected chi connectivity index (χ4v) is 1.76. The van der Waals surface area contributed by atoms with Crippen molar-refractivity contribution in [1.82, 2.24) is 0 Å². The smallest absolute Gasteiger partial charge is 0.147 e. The molecule has 1 aliphatic heterocycles. The molecular weight excluding hydrogens is 172 g/mol. The van der Waals surface area contributed by atoms with Crippen LogP contribution in [0.1, 0.15) is 12.8 Å². The van der Waals surface area contributed by atoms with E-state index >= 15 is 0 Å². The number of rotatable bonds is 0. The Morgan fingerprint density at radius 2 is 1.38 bits per heavy atom. The number of aliphatic hydroxyl groups is 2. The Balaban J connectivity index is 2.07. The van der Waals surface area contributed by atoms with E-state index in [1.807, 2.05) is 0 Å². The first-order chi connectivity index (χ1) is 6.25. The third-order valence-electron chi connectivity index (χ3n) is 2.48. The molecule has 1 fully saturated rings. The van der Waals surface area contributed by atoms with Crippen molar-refractivity contribution in [2.75, 3.05) is 6.79 Å². The first kappa shape index (κ1) is 9.15. The van der Waals surface area contributed by atoms with Crippen LogP contribution in [0.5, 0.6) is 0 Å². The second-order valence-electron chi connectivity index (χ2n) is 3.52. The Morgan fingerprint density at radius 3 is 1.85 bits per heavy atom. The summed E-state index contributed by atoms with van der Waals surface area (Å²) in [5.74, 6) is 0. The minimum absolute atomic E-state index is 0.0744. The molecule has 74 valence electrons. The highest BCUT2D eigenvalue weighted by Crippen LogP contribution is 2.24. The molecule has 0 aromatic rings. The molecule has 0 saturated carbocycles. The van der Waals surface area contributed by atoms with E-state index in [2.05, 4.69) is 0 Å². The normalized spacial score (nSPS) is 47.8. The number of aliphatic hydroxyl groups excluding tert-OH is 2. The van der Waals surface area contributed by atoms with Gasteiger partial charge < -0.3 is 19.7 Å². The molecule has 1 heterocycles. The average molecular weight is 186 g/mol. The van der Waals surface area contributed by atoms with E-state index in [9.17, 15) is 10.2 Å². The maximum atomic E-state index is 9.45. The molecule has 2 N–H and O–H groups in total. The van der Waals surface area contributed by atoms with E-state index in [1.165, 1.54) is 0 Å². The average Bonchev–Trinajstić information content (AvgIpc) is 2.47. The van der Waals surface area contributed by atoms with Gasteiger partial charge in [-0.15, -0.1) is 0 Å². The molecule has 0 aromatic carbocycles. The quantitative estimate of drug-likeness (QED) is 0.514. The van der Waals surface area contributed by atoms with E-state index in [0.717, 1.165) is 0 Å². The largest absolute Gasteiger partial charge is 0.389 e. The van der Waals surface area contributed by atoms with Gasteiger partial charge in [-0.1, -0.05) is 12.2 Å². The maximum Gasteiger partial charge on any atom is 0.147 e. The van der Waals surface area contributed by atoms with Gasteiger partial charge in [-0.3, -0.25) is 0 Å². The molecule has 2 unspecified atom stereocenters. The molecule has 1 aliphatic carbocycles. The van der Waals surface area contributed by atoms with Gasteiger partial charge in [-0.05, 0) is 0 Å². The summed E-state index contributed by atoms with van der Waals surface area (Å²) < 4.78 is 10.6. The highest BCUT2D eigenvalue weighted by Gasteiger charge is 2.32. The van der Waals surface area contributed by atoms with Crippen LogP contribution >= 0.6 is 0 Å². The maximum absolute atomic E-state index is 9.45. The summed E-state index contributed by atoms with van der Waals surface area (Å²) in [5, 5.41) is 18.9. The second-order valence-corrected chi connectivity index (χ2v) is 3.52. The van der Waals surface area contributed by atoms with Crippen LogP contribution in [0.3, 0.4) is 0 Å². The molecule has 4 atom stereocenters. The minimum Gasteiger partial charge on any atom is -0.389 e. The molecule has 13 heavy (non-hydrogen) atoms. The Kier molecular flexibility index (Phi) is 2.64. The standard InChI is InChI=1S/C9H14O4/c10-6-1-2-7(11)4-9-8(3-6)12-5-13-9/h1-2,6-11H,3-5H2/b2-1-/t6?,7?,8-,9+. The van der Waals surface area contributed by atoms with Gasteiger partial charge in [0.1, 0.15) is 6.79 Å². The van der Waals surface area contributed by atoms with Gasteiger partial charge in [-0.2, -0.15) is 0 Å². The Hall–Kier alpha value is -0.420. The SMILES string of the molecule is OC1/C=C\C(O)C[C@H]2OCO[C@H]2C1. The van der Waals surface area contributed by atoms with Crippen molar-refractivity contribution >= 4 is 0 Å². The van der Waals surface area contributed by atoms with Crippen molar-refractivity contribution in [3.05, 3.63) is 12.2 Å². The van der Waals surface area contributed by atoms with Gasteiger partial charge in [0.25, 0.3) is 0 Å². The summed E-state index contributed by atoms with van der Waals surface area (Å²) in [6.07, 6.45) is 3.10. The molecule has 4 nitrogen and oxygen atoms in total. The predicted octanol–water partition coefficient (Wildman–Crippen LogP) is -0.200. The van der Waals surface area contributed by atoms with Crippen LogP contribution in [-0.2, 0) is 9.47 Å². The van der Waals surface area contributed by atoms with Crippen LogP contribution < -0.4 is 0 Å². The summed E-state index contributed by atoms with van der Waals surface area (Å²) >= 11 is 0. The zero-order valence-electron chi connectivity index (χ0n) is 7.30. The summed E-state index contributed by atoms with van der Waals surface area (Å²) in [6.45, 7) is 0.273. The predicted molar refractivity (Wildman–Crippen MR) is 45.0 cm³/mol. The van der Waals surface area contributed by atoms with Crippen molar-refractivity contribution in [3.8, 4) is 0 Å². The lowest BCUT2D eigenvalue weighted by molar-refractivity contribution is 0.0290. The van der Waals surface area contributed by atoms with Crippen molar-refractivity contribution in [3.63, 3.8) is 0 Å². The summed E-state index contributed by atoms with van der Waals surface area (Å²) in [5.41, 5.74) is 0. The highest BCUT2D eigenvalue weighted by atomic mass is 16.7. The van der Waals surface area contributed by atoms with Gasteiger partial charge in [-0.25, -0.2) is 0 Å². The molecule has 0 bridgehead atoms. The fraction of sp³-hybridized carbons (Fsp3) is 0.778. The molecule has 2 aliphatic rings. The number of hydrogen-bond donors (Lipinski definition) is 2. The lowest BCUT2D eigenvalue weighted by Gasteiger charge is -2.22. The Morgan fingerprint density at radius 1 is 0.923 bits per heavy atom. The lowest BCUT2D eigenvalue weighted by atomic mass is 9.97. The van der Waals surface area contributed by atoms with E-state index in [4.69, 9.17) is 9.47 Å². The van der Waals surface area contributed by atoms with Crippen LogP contribution in [0, 0.1) is 0 Å². The van der Waals surface area contributed by atoms with E-state index in [1.54, 1.807) is 12.2 Å². The van der Waals surface area contributed by atoms with Crippen molar-refractivity contribution in [2.45, 2.75) is 37.3 Å². The minimum atomic E-state index is -0.538. The van der Waals surface area contributed by atoms with E-state index in [-0.39, 0.29) is 19.0 Å². The molecule has 2 rings (SSSR count). The van der Waals surface area contributed by atoms with Crippen molar-refractivity contribution < 1.29 is 19.7 Å². The fourth-order valence-electron chi connectivity index (χ4n) is 1.76. The molecular formula is C9H14O4. The molecule has 0 radical (unpaired) electrons. The van der Waals surface area contributed by atoms with Gasteiger partial charge >= 0.3 is 0 Å². The van der Waals surface area contributed by atoms with Crippen LogP contribution in [0.25, 0.3) is 0 Å². The number of ether oxygens (including phenoxy) is 2. The Bertz CT molecular complexity index is 184. The lowest BCUT2D eigenvalue weighted by Crippen LogP contribution is -2.31. The van der Waals surface area contributed by atoms with Crippen LogP contribution in [-0.4, -0.2) is 41.4 Å². The number of fused-ring (bicyclic) bond motifs is 1. The van der Waals surface area contributed by atoms with Crippen LogP contribution in [0.2, 0.25) is 0 Å². The van der Waals surface area contributed by atoms with Gasteiger partial charge in [0, 0.05) is 12.8 Å². The van der Waals surface area contributed by atoms with Crippen molar-refractivity contribution in [2.24, 2.45) is 0 Å². The Labute approximate surface area is 76.8 Å². The van der Waals surface area contributed by atoms with E-state index < -0.39 is 12.2 Å². The summed E-state index contributed by atoms with van der Waals surface area (Å²) in [6, 6.07) is 0. The second kappa shape index (κ2) is 3.75. The summed E-state index contributed by atoms with van der Waals surface area (Å²) in [7, 11) is 0. The third kappa shape index (κ3) is 2.08. The topological polar surface area (TPSA) is 58.9 Å². The zero-order chi connectivity index (χ0) is 9.26. The van der Waals surface area contributed by atoms with Gasteiger partial charge in [0.15, 0.2) is 0 Å². The van der Waals surface area contributed by atoms with Crippen LogP contribution in [0.4, 0.5) is 0 Å². The monoisotopic (exact) mass is 186 g/mol. The first-order valence-corrected chi connectivity index (χ1v) is 4.53. The zero-order valence-corrected chi connectivity index (χ0v) is 7.30. The highest BCUT2D eigenvalue weighted by molar-refractivity contribution is 4.99. The molecule has 1 saturated heterocycles. The molecule has 0 aromatic heterocycles. The third-order valence-corrected chi connectivity index (χ3v) is 2.48. The van der Waals surface area contributed by atoms with Gasteiger partial charge in [0.05, 0.1) is 24.4 Å². The molecule has 0 amide bonds. The molecule has 4 heteroatoms. The molecule has 0 spiro atoms. The van der Waals surface area contributed by atoms with Crippen LogP contribution in [0.15, 0.2) is 12.2 Å². The van der Waals surface area contributed by atoms with Gasteiger partial charge in [0.2, 0.25) is 0 Å². The first-order valence-electron chi connectivity index (χ1n) is 4.53. The number of hydrogen-bond acceptors (Lipinski definition) is 4. The van der Waals surface area contributed by atoms with Crippen molar-refractivity contribution in [1.29, 1.82) is 0 Å².